The molecule has 94 valence electrons. The van der Waals surface area contributed by atoms with Crippen molar-refractivity contribution in [1.82, 2.24) is 5.32 Å². The Balaban J connectivity index is 2.64. The molecule has 1 fully saturated rings. The van der Waals surface area contributed by atoms with Crippen LogP contribution in [0.2, 0.25) is 18.1 Å². The standard InChI is InChI=1S/C11H24N2O2Si/c1-11(2,3)16(4,5)15-8-6-7-9(14)13-10(8)12/h8,10H,6-7,12H2,1-5H3,(H,13,14)/t8-,10+/m0/s1. The number of hydrogen-bond donors (Lipinski definition) is 2. The Morgan fingerprint density at radius 1 is 1.44 bits per heavy atom. The van der Waals surface area contributed by atoms with E-state index in [-0.39, 0.29) is 23.2 Å². The average Bonchev–Trinajstić information content (AvgIpc) is 2.08. The van der Waals surface area contributed by atoms with Crippen molar-refractivity contribution in [3.05, 3.63) is 0 Å². The van der Waals surface area contributed by atoms with Crippen molar-refractivity contribution in [2.45, 2.75) is 64.0 Å². The van der Waals surface area contributed by atoms with E-state index in [1.807, 2.05) is 0 Å². The van der Waals surface area contributed by atoms with Crippen LogP contribution in [0.15, 0.2) is 0 Å². The minimum absolute atomic E-state index is 0.0291. The molecule has 5 heteroatoms. The van der Waals surface area contributed by atoms with Gasteiger partial charge < -0.3 is 15.5 Å². The van der Waals surface area contributed by atoms with E-state index in [0.717, 1.165) is 6.42 Å². The van der Waals surface area contributed by atoms with Gasteiger partial charge in [0.25, 0.3) is 0 Å². The Labute approximate surface area is 99.1 Å². The van der Waals surface area contributed by atoms with Gasteiger partial charge in [0, 0.05) is 6.42 Å². The highest BCUT2D eigenvalue weighted by atomic mass is 28.4. The second kappa shape index (κ2) is 4.47. The smallest absolute Gasteiger partial charge is 0.221 e. The van der Waals surface area contributed by atoms with E-state index < -0.39 is 8.32 Å². The number of carbonyl (C=O) groups excluding carboxylic acids is 1. The minimum Gasteiger partial charge on any atom is -0.410 e. The summed E-state index contributed by atoms with van der Waals surface area (Å²) in [5.41, 5.74) is 5.89. The third kappa shape index (κ3) is 3.05. The lowest BCUT2D eigenvalue weighted by Gasteiger charge is -2.42. The number of amides is 1. The summed E-state index contributed by atoms with van der Waals surface area (Å²) in [6.45, 7) is 11.0. The average molecular weight is 244 g/mol. The summed E-state index contributed by atoms with van der Waals surface area (Å²) in [6.07, 6.45) is 0.876. The zero-order valence-corrected chi connectivity index (χ0v) is 12.0. The van der Waals surface area contributed by atoms with Crippen LogP contribution in [0.4, 0.5) is 0 Å². The molecular formula is C11H24N2O2Si. The minimum atomic E-state index is -1.79. The van der Waals surface area contributed by atoms with Crippen LogP contribution >= 0.6 is 0 Å². The first-order chi connectivity index (χ1) is 7.13. The third-order valence-corrected chi connectivity index (χ3v) is 8.14. The van der Waals surface area contributed by atoms with Gasteiger partial charge in [-0.3, -0.25) is 4.79 Å². The zero-order valence-electron chi connectivity index (χ0n) is 11.0. The van der Waals surface area contributed by atoms with Gasteiger partial charge in [0.2, 0.25) is 5.91 Å². The van der Waals surface area contributed by atoms with Crippen LogP contribution in [0.1, 0.15) is 33.6 Å². The van der Waals surface area contributed by atoms with Crippen LogP contribution in [-0.4, -0.2) is 26.5 Å². The Morgan fingerprint density at radius 2 is 2.00 bits per heavy atom. The highest BCUT2D eigenvalue weighted by Crippen LogP contribution is 2.38. The second-order valence-corrected chi connectivity index (χ2v) is 10.8. The van der Waals surface area contributed by atoms with E-state index in [1.165, 1.54) is 0 Å². The first kappa shape index (κ1) is 13.7. The number of carbonyl (C=O) groups is 1. The Morgan fingerprint density at radius 3 is 2.44 bits per heavy atom. The lowest BCUT2D eigenvalue weighted by molar-refractivity contribution is -0.125. The normalized spacial score (nSPS) is 27.8. The van der Waals surface area contributed by atoms with Gasteiger partial charge in [0.1, 0.15) is 6.17 Å². The van der Waals surface area contributed by atoms with Crippen LogP contribution in [-0.2, 0) is 9.22 Å². The summed E-state index contributed by atoms with van der Waals surface area (Å²) in [7, 11) is -1.79. The summed E-state index contributed by atoms with van der Waals surface area (Å²) >= 11 is 0. The zero-order chi connectivity index (χ0) is 12.6. The number of nitrogens with one attached hydrogen (secondary N) is 1. The molecule has 0 radical (unpaired) electrons. The number of nitrogens with two attached hydrogens (primary N) is 1. The molecule has 0 unspecified atom stereocenters. The lowest BCUT2D eigenvalue weighted by atomic mass is 10.1. The predicted molar refractivity (Wildman–Crippen MR) is 67.4 cm³/mol. The SMILES string of the molecule is CC(C)(C)[Si](C)(C)O[C@H]1CCC(=O)N[C@H]1N. The van der Waals surface area contributed by atoms with Crippen molar-refractivity contribution in [3.8, 4) is 0 Å². The molecule has 4 nitrogen and oxygen atoms in total. The van der Waals surface area contributed by atoms with Crippen LogP contribution in [0.5, 0.6) is 0 Å². The van der Waals surface area contributed by atoms with Crippen molar-refractivity contribution >= 4 is 14.2 Å². The Bertz CT molecular complexity index is 274. The van der Waals surface area contributed by atoms with Crippen molar-refractivity contribution in [2.24, 2.45) is 5.73 Å². The quantitative estimate of drug-likeness (QED) is 0.725. The van der Waals surface area contributed by atoms with Crippen LogP contribution < -0.4 is 11.1 Å². The Kier molecular flexibility index (Phi) is 3.82. The van der Waals surface area contributed by atoms with Gasteiger partial charge >= 0.3 is 0 Å². The van der Waals surface area contributed by atoms with Gasteiger partial charge in [-0.25, -0.2) is 0 Å². The summed E-state index contributed by atoms with van der Waals surface area (Å²) < 4.78 is 6.20. The van der Waals surface area contributed by atoms with Crippen molar-refractivity contribution in [2.75, 3.05) is 0 Å². The molecule has 2 atom stereocenters. The first-order valence-corrected chi connectivity index (χ1v) is 8.77. The van der Waals surface area contributed by atoms with E-state index in [1.54, 1.807) is 0 Å². The maximum absolute atomic E-state index is 11.1. The molecule has 16 heavy (non-hydrogen) atoms. The van der Waals surface area contributed by atoms with Crippen LogP contribution in [0, 0.1) is 0 Å². The van der Waals surface area contributed by atoms with Crippen LogP contribution in [0.25, 0.3) is 0 Å². The maximum Gasteiger partial charge on any atom is 0.221 e. The van der Waals surface area contributed by atoms with Crippen LogP contribution in [0.3, 0.4) is 0 Å². The number of hydrogen-bond acceptors (Lipinski definition) is 3. The van der Waals surface area contributed by atoms with Gasteiger partial charge in [-0.2, -0.15) is 0 Å². The van der Waals surface area contributed by atoms with Gasteiger partial charge in [0.05, 0.1) is 6.10 Å². The highest BCUT2D eigenvalue weighted by Gasteiger charge is 2.41. The molecule has 1 amide bonds. The molecule has 1 rings (SSSR count). The molecule has 1 aliphatic rings. The molecule has 1 heterocycles. The van der Waals surface area contributed by atoms with Gasteiger partial charge in [-0.15, -0.1) is 0 Å². The largest absolute Gasteiger partial charge is 0.410 e. The summed E-state index contributed by atoms with van der Waals surface area (Å²) in [5.74, 6) is 0.0302. The molecule has 1 aliphatic heterocycles. The van der Waals surface area contributed by atoms with E-state index >= 15 is 0 Å². The molecule has 0 aliphatic carbocycles. The van der Waals surface area contributed by atoms with Gasteiger partial charge in [-0.05, 0) is 24.6 Å². The molecule has 0 saturated carbocycles. The Hall–Kier alpha value is -0.393. The number of rotatable bonds is 2. The molecule has 1 saturated heterocycles. The summed E-state index contributed by atoms with van der Waals surface area (Å²) in [4.78, 5) is 11.1. The molecule has 0 bridgehead atoms. The highest BCUT2D eigenvalue weighted by molar-refractivity contribution is 6.74. The van der Waals surface area contributed by atoms with Gasteiger partial charge in [0.15, 0.2) is 8.32 Å². The number of piperidine rings is 1. The first-order valence-electron chi connectivity index (χ1n) is 5.86. The lowest BCUT2D eigenvalue weighted by Crippen LogP contribution is -2.58. The van der Waals surface area contributed by atoms with Crippen molar-refractivity contribution < 1.29 is 9.22 Å². The molecule has 0 aromatic carbocycles. The molecule has 0 spiro atoms. The fraction of sp³-hybridized carbons (Fsp3) is 0.909. The monoisotopic (exact) mass is 244 g/mol. The topological polar surface area (TPSA) is 64.3 Å². The molecule has 3 N–H and O–H groups in total. The van der Waals surface area contributed by atoms with Gasteiger partial charge in [-0.1, -0.05) is 20.8 Å². The third-order valence-electron chi connectivity index (χ3n) is 3.64. The van der Waals surface area contributed by atoms with Crippen molar-refractivity contribution in [3.63, 3.8) is 0 Å². The second-order valence-electron chi connectivity index (χ2n) is 6.05. The molecule has 0 aromatic rings. The predicted octanol–water partition coefficient (Wildman–Crippen LogP) is 1.57. The van der Waals surface area contributed by atoms with E-state index in [4.69, 9.17) is 10.2 Å². The van der Waals surface area contributed by atoms with E-state index in [9.17, 15) is 4.79 Å². The van der Waals surface area contributed by atoms with E-state index in [2.05, 4.69) is 39.2 Å². The summed E-state index contributed by atoms with van der Waals surface area (Å²) in [5, 5.41) is 2.91. The fourth-order valence-corrected chi connectivity index (χ4v) is 2.87. The van der Waals surface area contributed by atoms with Crippen molar-refractivity contribution in [1.29, 1.82) is 0 Å². The fourth-order valence-electron chi connectivity index (χ4n) is 1.49. The molecule has 0 aromatic heterocycles. The summed E-state index contributed by atoms with van der Waals surface area (Å²) in [6, 6.07) is 0. The molecular weight excluding hydrogens is 220 g/mol. The maximum atomic E-state index is 11.1. The van der Waals surface area contributed by atoms with E-state index in [0.29, 0.717) is 6.42 Å².